The van der Waals surface area contributed by atoms with Crippen LogP contribution >= 0.6 is 35.0 Å². The Morgan fingerprint density at radius 3 is 2.74 bits per heavy atom. The minimum absolute atomic E-state index is 0.000827. The summed E-state index contributed by atoms with van der Waals surface area (Å²) in [6.07, 6.45) is 1.53. The Morgan fingerprint density at radius 2 is 2.03 bits per heavy atom. The molecule has 0 saturated heterocycles. The second-order valence-electron chi connectivity index (χ2n) is 6.32. The lowest BCUT2D eigenvalue weighted by Crippen LogP contribution is -2.33. The molecule has 10 heteroatoms. The third kappa shape index (κ3) is 5.86. The molecule has 0 fully saturated rings. The zero-order chi connectivity index (χ0) is 22.4. The highest BCUT2D eigenvalue weighted by Gasteiger charge is 2.33. The number of amides is 2. The van der Waals surface area contributed by atoms with E-state index in [2.05, 4.69) is 10.3 Å². The number of hydrogen-bond donors (Lipinski definition) is 1. The van der Waals surface area contributed by atoms with E-state index in [0.717, 1.165) is 16.7 Å². The van der Waals surface area contributed by atoms with E-state index >= 15 is 0 Å². The number of anilines is 1. The minimum Gasteiger partial charge on any atom is -0.383 e. The van der Waals surface area contributed by atoms with Crippen molar-refractivity contribution in [2.75, 3.05) is 30.9 Å². The number of nitrogens with zero attached hydrogens (tertiary/aromatic N) is 2. The van der Waals surface area contributed by atoms with Crippen LogP contribution in [0, 0.1) is 5.82 Å². The molecule has 1 aliphatic heterocycles. The summed E-state index contributed by atoms with van der Waals surface area (Å²) in [4.78, 5) is 30.6. The molecule has 1 aliphatic rings. The molecule has 0 spiro atoms. The van der Waals surface area contributed by atoms with Crippen molar-refractivity contribution in [3.8, 4) is 0 Å². The quantitative estimate of drug-likeness (QED) is 0.470. The standard InChI is InChI=1S/C21H18Cl2FN3O3S/c1-30-9-8-25-19(28)12-31-21-26-17(11-13-6-7-14(22)15(23)10-13)20(29)27(21)18-5-3-2-4-16(18)24/h2-7,10-11H,8-9,12H2,1H3,(H,25,28)/b17-11+. The molecule has 2 amide bonds. The van der Waals surface area contributed by atoms with Crippen LogP contribution in [-0.2, 0) is 14.3 Å². The van der Waals surface area contributed by atoms with Gasteiger partial charge >= 0.3 is 0 Å². The maximum Gasteiger partial charge on any atom is 0.283 e. The molecule has 0 aliphatic carbocycles. The van der Waals surface area contributed by atoms with Crippen molar-refractivity contribution >= 4 is 63.7 Å². The Kier molecular flexibility index (Phi) is 8.09. The molecule has 1 N–H and O–H groups in total. The summed E-state index contributed by atoms with van der Waals surface area (Å²) in [7, 11) is 1.54. The van der Waals surface area contributed by atoms with Crippen molar-refractivity contribution in [1.29, 1.82) is 0 Å². The molecular formula is C21H18Cl2FN3O3S. The van der Waals surface area contributed by atoms with Gasteiger partial charge < -0.3 is 10.1 Å². The summed E-state index contributed by atoms with van der Waals surface area (Å²) in [6.45, 7) is 0.745. The predicted octanol–water partition coefficient (Wildman–Crippen LogP) is 4.37. The van der Waals surface area contributed by atoms with E-state index in [1.54, 1.807) is 24.3 Å². The van der Waals surface area contributed by atoms with Crippen LogP contribution in [0.15, 0.2) is 53.2 Å². The van der Waals surface area contributed by atoms with Crippen molar-refractivity contribution in [2.45, 2.75) is 0 Å². The number of halogens is 3. The highest BCUT2D eigenvalue weighted by atomic mass is 35.5. The summed E-state index contributed by atoms with van der Waals surface area (Å²) < 4.78 is 19.3. The van der Waals surface area contributed by atoms with Crippen molar-refractivity contribution in [3.63, 3.8) is 0 Å². The zero-order valence-electron chi connectivity index (χ0n) is 16.4. The number of aliphatic imine (C=N–C) groups is 1. The third-order valence-electron chi connectivity index (χ3n) is 4.13. The first-order valence-electron chi connectivity index (χ1n) is 9.13. The Morgan fingerprint density at radius 1 is 1.26 bits per heavy atom. The van der Waals surface area contributed by atoms with Crippen LogP contribution in [0.5, 0.6) is 0 Å². The fraction of sp³-hybridized carbons (Fsp3) is 0.190. The number of methoxy groups -OCH3 is 1. The van der Waals surface area contributed by atoms with Crippen LogP contribution in [0.25, 0.3) is 6.08 Å². The summed E-state index contributed by atoms with van der Waals surface area (Å²) >= 11 is 13.0. The van der Waals surface area contributed by atoms with Gasteiger partial charge in [-0.05, 0) is 35.9 Å². The number of carbonyl (C=O) groups is 2. The predicted molar refractivity (Wildman–Crippen MR) is 123 cm³/mol. The average Bonchev–Trinajstić information content (AvgIpc) is 3.05. The lowest BCUT2D eigenvalue weighted by molar-refractivity contribution is -0.118. The fourth-order valence-corrected chi connectivity index (χ4v) is 3.81. The van der Waals surface area contributed by atoms with Gasteiger partial charge in [0.2, 0.25) is 5.91 Å². The summed E-state index contributed by atoms with van der Waals surface area (Å²) in [5, 5.41) is 3.60. The Bertz CT molecular complexity index is 1060. The molecule has 162 valence electrons. The lowest BCUT2D eigenvalue weighted by Gasteiger charge is -2.18. The van der Waals surface area contributed by atoms with Crippen LogP contribution in [0.4, 0.5) is 10.1 Å². The number of ether oxygens (including phenoxy) is 1. The number of nitrogens with one attached hydrogen (secondary N) is 1. The van der Waals surface area contributed by atoms with Crippen LogP contribution in [0.1, 0.15) is 5.56 Å². The average molecular weight is 482 g/mol. The Hall–Kier alpha value is -2.39. The Balaban J connectivity index is 1.88. The summed E-state index contributed by atoms with van der Waals surface area (Å²) in [6, 6.07) is 10.8. The maximum atomic E-state index is 14.4. The zero-order valence-corrected chi connectivity index (χ0v) is 18.7. The van der Waals surface area contributed by atoms with Crippen LogP contribution < -0.4 is 10.2 Å². The van der Waals surface area contributed by atoms with Crippen molar-refractivity contribution in [1.82, 2.24) is 5.32 Å². The molecule has 0 unspecified atom stereocenters. The molecular weight excluding hydrogens is 464 g/mol. The van der Waals surface area contributed by atoms with Gasteiger partial charge in [-0.3, -0.25) is 14.5 Å². The number of amidine groups is 1. The molecule has 2 aromatic rings. The van der Waals surface area contributed by atoms with Gasteiger partial charge in [-0.25, -0.2) is 9.38 Å². The van der Waals surface area contributed by atoms with Gasteiger partial charge in [0.05, 0.1) is 28.1 Å². The molecule has 2 aromatic carbocycles. The van der Waals surface area contributed by atoms with E-state index in [1.807, 2.05) is 0 Å². The maximum absolute atomic E-state index is 14.4. The molecule has 0 saturated carbocycles. The van der Waals surface area contributed by atoms with Gasteiger partial charge in [0.25, 0.3) is 5.91 Å². The molecule has 0 radical (unpaired) electrons. The van der Waals surface area contributed by atoms with Crippen LogP contribution in [0.2, 0.25) is 10.0 Å². The second kappa shape index (κ2) is 10.8. The van der Waals surface area contributed by atoms with E-state index in [0.29, 0.717) is 28.8 Å². The lowest BCUT2D eigenvalue weighted by atomic mass is 10.2. The molecule has 0 atom stereocenters. The van der Waals surface area contributed by atoms with Crippen molar-refractivity contribution < 1.29 is 18.7 Å². The number of para-hydroxylation sites is 1. The monoisotopic (exact) mass is 481 g/mol. The van der Waals surface area contributed by atoms with Gasteiger partial charge in [0.1, 0.15) is 11.5 Å². The van der Waals surface area contributed by atoms with Crippen molar-refractivity contribution in [3.05, 3.63) is 69.6 Å². The molecule has 3 rings (SSSR count). The number of thioether (sulfide) groups is 1. The highest BCUT2D eigenvalue weighted by Crippen LogP contribution is 2.31. The minimum atomic E-state index is -0.579. The normalized spacial score (nSPS) is 14.8. The van der Waals surface area contributed by atoms with Gasteiger partial charge in [-0.1, -0.05) is 53.2 Å². The summed E-state index contributed by atoms with van der Waals surface area (Å²) in [5.41, 5.74) is 0.749. The molecule has 1 heterocycles. The van der Waals surface area contributed by atoms with Crippen LogP contribution in [0.3, 0.4) is 0 Å². The highest BCUT2D eigenvalue weighted by molar-refractivity contribution is 8.14. The van der Waals surface area contributed by atoms with E-state index in [4.69, 9.17) is 27.9 Å². The van der Waals surface area contributed by atoms with E-state index in [-0.39, 0.29) is 28.2 Å². The SMILES string of the molecule is COCCNC(=O)CSC1=N/C(=C/c2ccc(Cl)c(Cl)c2)C(=O)N1c1ccccc1F. The number of rotatable bonds is 7. The van der Waals surface area contributed by atoms with Gasteiger partial charge in [0, 0.05) is 13.7 Å². The van der Waals surface area contributed by atoms with E-state index in [1.165, 1.54) is 31.4 Å². The largest absolute Gasteiger partial charge is 0.383 e. The van der Waals surface area contributed by atoms with E-state index < -0.39 is 11.7 Å². The first-order chi connectivity index (χ1) is 14.9. The number of carbonyl (C=O) groups excluding carboxylic acids is 2. The summed E-state index contributed by atoms with van der Waals surface area (Å²) in [5.74, 6) is -1.35. The van der Waals surface area contributed by atoms with Gasteiger partial charge in [-0.15, -0.1) is 0 Å². The second-order valence-corrected chi connectivity index (χ2v) is 8.08. The number of benzene rings is 2. The third-order valence-corrected chi connectivity index (χ3v) is 5.81. The smallest absolute Gasteiger partial charge is 0.283 e. The first-order valence-corrected chi connectivity index (χ1v) is 10.9. The topological polar surface area (TPSA) is 71.0 Å². The molecule has 0 bridgehead atoms. The van der Waals surface area contributed by atoms with Gasteiger partial charge in [-0.2, -0.15) is 0 Å². The molecule has 31 heavy (non-hydrogen) atoms. The fourth-order valence-electron chi connectivity index (χ4n) is 2.67. The van der Waals surface area contributed by atoms with E-state index in [9.17, 15) is 14.0 Å². The molecule has 0 aromatic heterocycles. The first kappa shape index (κ1) is 23.3. The van der Waals surface area contributed by atoms with Crippen LogP contribution in [-0.4, -0.2) is 43.0 Å². The van der Waals surface area contributed by atoms with Crippen molar-refractivity contribution in [2.24, 2.45) is 4.99 Å². The number of hydrogen-bond acceptors (Lipinski definition) is 5. The van der Waals surface area contributed by atoms with Gasteiger partial charge in [0.15, 0.2) is 5.17 Å². The Labute approximate surface area is 193 Å². The molecule has 6 nitrogen and oxygen atoms in total.